The Morgan fingerprint density at radius 2 is 1.71 bits per heavy atom. The van der Waals surface area contributed by atoms with Crippen LogP contribution < -0.4 is 10.5 Å². The molecular formula is C14H16N2O. The van der Waals surface area contributed by atoms with Crippen LogP contribution in [0, 0.1) is 20.8 Å². The van der Waals surface area contributed by atoms with E-state index in [1.54, 1.807) is 12.3 Å². The summed E-state index contributed by atoms with van der Waals surface area (Å²) in [4.78, 5) is 4.01. The summed E-state index contributed by atoms with van der Waals surface area (Å²) in [5.41, 5.74) is 9.02. The summed E-state index contributed by atoms with van der Waals surface area (Å²) in [7, 11) is 0. The Kier molecular flexibility index (Phi) is 3.00. The SMILES string of the molecule is Cc1ccc(C)c(Oc2ccc(N)nc2)c1C. The fourth-order valence-corrected chi connectivity index (χ4v) is 1.65. The van der Waals surface area contributed by atoms with E-state index in [0.29, 0.717) is 11.6 Å². The number of aromatic nitrogens is 1. The lowest BCUT2D eigenvalue weighted by Crippen LogP contribution is -1.95. The predicted molar refractivity (Wildman–Crippen MR) is 69.4 cm³/mol. The highest BCUT2D eigenvalue weighted by Gasteiger charge is 2.07. The number of rotatable bonds is 2. The van der Waals surface area contributed by atoms with Gasteiger partial charge in [0.15, 0.2) is 0 Å². The summed E-state index contributed by atoms with van der Waals surface area (Å²) in [6.07, 6.45) is 1.64. The maximum absolute atomic E-state index is 5.86. The van der Waals surface area contributed by atoms with Crippen LogP contribution in [-0.2, 0) is 0 Å². The average Bonchev–Trinajstić information content (AvgIpc) is 2.32. The van der Waals surface area contributed by atoms with E-state index < -0.39 is 0 Å². The van der Waals surface area contributed by atoms with Crippen molar-refractivity contribution >= 4 is 5.82 Å². The standard InChI is InChI=1S/C14H16N2O/c1-9-4-5-10(2)14(11(9)3)17-12-6-7-13(15)16-8-12/h4-8H,1-3H3,(H2,15,16). The molecule has 0 fully saturated rings. The van der Waals surface area contributed by atoms with E-state index in [1.165, 1.54) is 5.56 Å². The highest BCUT2D eigenvalue weighted by molar-refractivity contribution is 5.47. The van der Waals surface area contributed by atoms with Gasteiger partial charge in [-0.3, -0.25) is 0 Å². The molecule has 88 valence electrons. The fourth-order valence-electron chi connectivity index (χ4n) is 1.65. The van der Waals surface area contributed by atoms with Crippen molar-refractivity contribution in [3.63, 3.8) is 0 Å². The molecule has 1 heterocycles. The lowest BCUT2D eigenvalue weighted by atomic mass is 10.1. The van der Waals surface area contributed by atoms with E-state index in [4.69, 9.17) is 10.5 Å². The Morgan fingerprint density at radius 3 is 2.35 bits per heavy atom. The highest BCUT2D eigenvalue weighted by atomic mass is 16.5. The number of pyridine rings is 1. The van der Waals surface area contributed by atoms with Crippen molar-refractivity contribution in [1.29, 1.82) is 0 Å². The zero-order valence-corrected chi connectivity index (χ0v) is 10.3. The minimum absolute atomic E-state index is 0.495. The van der Waals surface area contributed by atoms with Gasteiger partial charge in [-0.25, -0.2) is 4.98 Å². The van der Waals surface area contributed by atoms with Crippen molar-refractivity contribution in [2.75, 3.05) is 5.73 Å². The molecule has 2 rings (SSSR count). The molecule has 0 saturated carbocycles. The molecule has 2 N–H and O–H groups in total. The van der Waals surface area contributed by atoms with Crippen molar-refractivity contribution in [2.45, 2.75) is 20.8 Å². The van der Waals surface area contributed by atoms with Gasteiger partial charge in [0, 0.05) is 0 Å². The molecule has 3 heteroatoms. The van der Waals surface area contributed by atoms with Crippen molar-refractivity contribution in [3.05, 3.63) is 47.2 Å². The number of benzene rings is 1. The van der Waals surface area contributed by atoms with Gasteiger partial charge in [-0.15, -0.1) is 0 Å². The van der Waals surface area contributed by atoms with Crippen LogP contribution in [0.5, 0.6) is 11.5 Å². The molecule has 0 saturated heterocycles. The Balaban J connectivity index is 2.36. The van der Waals surface area contributed by atoms with Crippen LogP contribution >= 0.6 is 0 Å². The predicted octanol–water partition coefficient (Wildman–Crippen LogP) is 3.38. The van der Waals surface area contributed by atoms with Gasteiger partial charge in [-0.1, -0.05) is 12.1 Å². The first-order chi connectivity index (χ1) is 8.08. The van der Waals surface area contributed by atoms with Crippen molar-refractivity contribution in [2.24, 2.45) is 0 Å². The third-order valence-electron chi connectivity index (χ3n) is 2.85. The van der Waals surface area contributed by atoms with E-state index in [2.05, 4.69) is 31.0 Å². The largest absolute Gasteiger partial charge is 0.455 e. The van der Waals surface area contributed by atoms with Gasteiger partial charge in [-0.05, 0) is 49.6 Å². The summed E-state index contributed by atoms with van der Waals surface area (Å²) in [5.74, 6) is 2.10. The minimum Gasteiger partial charge on any atom is -0.455 e. The first kappa shape index (κ1) is 11.5. The molecule has 0 bridgehead atoms. The molecule has 0 atom stereocenters. The van der Waals surface area contributed by atoms with Crippen LogP contribution in [0.25, 0.3) is 0 Å². The molecule has 0 aliphatic rings. The number of nitrogen functional groups attached to an aromatic ring is 1. The second kappa shape index (κ2) is 4.45. The zero-order valence-electron chi connectivity index (χ0n) is 10.3. The number of nitrogens with zero attached hydrogens (tertiary/aromatic N) is 1. The molecule has 0 spiro atoms. The maximum Gasteiger partial charge on any atom is 0.145 e. The van der Waals surface area contributed by atoms with E-state index >= 15 is 0 Å². The van der Waals surface area contributed by atoms with Crippen molar-refractivity contribution in [1.82, 2.24) is 4.98 Å². The van der Waals surface area contributed by atoms with Crippen LogP contribution in [0.1, 0.15) is 16.7 Å². The van der Waals surface area contributed by atoms with Crippen LogP contribution in [0.3, 0.4) is 0 Å². The topological polar surface area (TPSA) is 48.1 Å². The average molecular weight is 228 g/mol. The Bertz CT molecular complexity index is 533. The van der Waals surface area contributed by atoms with Crippen molar-refractivity contribution in [3.8, 4) is 11.5 Å². The van der Waals surface area contributed by atoms with Gasteiger partial charge in [0.05, 0.1) is 6.20 Å². The monoisotopic (exact) mass is 228 g/mol. The molecular weight excluding hydrogens is 212 g/mol. The number of hydrogen-bond donors (Lipinski definition) is 1. The molecule has 0 amide bonds. The Labute approximate surface area is 101 Å². The molecule has 2 aromatic rings. The molecule has 0 radical (unpaired) electrons. The molecule has 0 aliphatic heterocycles. The number of aryl methyl sites for hydroxylation is 2. The number of nitrogens with two attached hydrogens (primary N) is 1. The summed E-state index contributed by atoms with van der Waals surface area (Å²) in [6, 6.07) is 7.71. The second-order valence-corrected chi connectivity index (χ2v) is 4.17. The quantitative estimate of drug-likeness (QED) is 0.857. The van der Waals surface area contributed by atoms with Gasteiger partial charge in [0.1, 0.15) is 17.3 Å². The maximum atomic E-state index is 5.86. The smallest absolute Gasteiger partial charge is 0.145 e. The molecule has 17 heavy (non-hydrogen) atoms. The Morgan fingerprint density at radius 1 is 1.00 bits per heavy atom. The van der Waals surface area contributed by atoms with E-state index in [1.807, 2.05) is 13.0 Å². The van der Waals surface area contributed by atoms with Crippen LogP contribution in [0.15, 0.2) is 30.5 Å². The normalized spacial score (nSPS) is 10.3. The lowest BCUT2D eigenvalue weighted by Gasteiger charge is -2.13. The first-order valence-electron chi connectivity index (χ1n) is 5.54. The van der Waals surface area contributed by atoms with Crippen molar-refractivity contribution < 1.29 is 4.74 Å². The number of anilines is 1. The first-order valence-corrected chi connectivity index (χ1v) is 5.54. The van der Waals surface area contributed by atoms with Gasteiger partial charge < -0.3 is 10.5 Å². The fraction of sp³-hybridized carbons (Fsp3) is 0.214. The van der Waals surface area contributed by atoms with E-state index in [-0.39, 0.29) is 0 Å². The summed E-state index contributed by atoms with van der Waals surface area (Å²) in [6.45, 7) is 6.16. The molecule has 0 aliphatic carbocycles. The second-order valence-electron chi connectivity index (χ2n) is 4.17. The summed E-state index contributed by atoms with van der Waals surface area (Å²) < 4.78 is 5.86. The summed E-state index contributed by atoms with van der Waals surface area (Å²) >= 11 is 0. The molecule has 0 unspecified atom stereocenters. The zero-order chi connectivity index (χ0) is 12.4. The van der Waals surface area contributed by atoms with Crippen LogP contribution in [0.2, 0.25) is 0 Å². The molecule has 3 nitrogen and oxygen atoms in total. The van der Waals surface area contributed by atoms with E-state index in [9.17, 15) is 0 Å². The van der Waals surface area contributed by atoms with Crippen LogP contribution in [-0.4, -0.2) is 4.98 Å². The van der Waals surface area contributed by atoms with Gasteiger partial charge in [0.25, 0.3) is 0 Å². The third-order valence-corrected chi connectivity index (χ3v) is 2.85. The highest BCUT2D eigenvalue weighted by Crippen LogP contribution is 2.30. The van der Waals surface area contributed by atoms with Crippen LogP contribution in [0.4, 0.5) is 5.82 Å². The minimum atomic E-state index is 0.495. The number of ether oxygens (including phenoxy) is 1. The molecule has 1 aromatic carbocycles. The number of hydrogen-bond acceptors (Lipinski definition) is 3. The van der Waals surface area contributed by atoms with E-state index in [0.717, 1.165) is 16.9 Å². The van der Waals surface area contributed by atoms with Gasteiger partial charge in [-0.2, -0.15) is 0 Å². The van der Waals surface area contributed by atoms with Gasteiger partial charge >= 0.3 is 0 Å². The summed E-state index contributed by atoms with van der Waals surface area (Å²) in [5, 5.41) is 0. The third kappa shape index (κ3) is 2.38. The lowest BCUT2D eigenvalue weighted by molar-refractivity contribution is 0.472. The van der Waals surface area contributed by atoms with Gasteiger partial charge in [0.2, 0.25) is 0 Å². The molecule has 1 aromatic heterocycles. The Hall–Kier alpha value is -2.03.